The molecular weight excluding hydrogens is 749 g/mol. The summed E-state index contributed by atoms with van der Waals surface area (Å²) < 4.78 is 61.8. The minimum Gasteiger partial charge on any atom is -0.497 e. The topological polar surface area (TPSA) is 170 Å². The number of aromatic amines is 1. The molecule has 1 aliphatic heterocycles. The van der Waals surface area contributed by atoms with Crippen LogP contribution in [0.5, 0.6) is 11.5 Å². The van der Waals surface area contributed by atoms with E-state index in [1.807, 2.05) is 84.2 Å². The number of ether oxygens (including phenoxy) is 4. The zero-order chi connectivity index (χ0) is 41.0. The molecule has 1 aliphatic rings. The van der Waals surface area contributed by atoms with E-state index in [9.17, 15) is 37.5 Å². The second-order valence-electron chi connectivity index (χ2n) is 13.3. The Balaban J connectivity index is 1.25. The fourth-order valence-corrected chi connectivity index (χ4v) is 6.49. The van der Waals surface area contributed by atoms with Gasteiger partial charge in [0.1, 0.15) is 29.4 Å². The average Bonchev–Trinajstić information content (AvgIpc) is 3.58. The summed E-state index contributed by atoms with van der Waals surface area (Å²) in [6.07, 6.45) is -2.16. The van der Waals surface area contributed by atoms with Crippen LogP contribution in [0.2, 0.25) is 0 Å². The molecule has 0 bridgehead atoms. The van der Waals surface area contributed by atoms with E-state index in [2.05, 4.69) is 10.3 Å². The second-order valence-corrected chi connectivity index (χ2v) is 13.3. The van der Waals surface area contributed by atoms with E-state index < -0.39 is 53.3 Å². The molecule has 57 heavy (non-hydrogen) atoms. The maximum absolute atomic E-state index is 13.0. The van der Waals surface area contributed by atoms with E-state index in [1.54, 1.807) is 14.2 Å². The molecule has 1 fully saturated rings. The second kappa shape index (κ2) is 19.4. The number of methoxy groups -OCH3 is 2. The summed E-state index contributed by atoms with van der Waals surface area (Å²) in [5.74, 6) is -1.18. The van der Waals surface area contributed by atoms with Gasteiger partial charge in [0.25, 0.3) is 5.56 Å². The molecule has 1 aromatic heterocycles. The third kappa shape index (κ3) is 10.8. The highest BCUT2D eigenvalue weighted by molar-refractivity contribution is 5.91. The lowest BCUT2D eigenvalue weighted by atomic mass is 9.80. The molecule has 1 saturated heterocycles. The van der Waals surface area contributed by atoms with Gasteiger partial charge in [-0.2, -0.15) is 13.2 Å². The lowest BCUT2D eigenvalue weighted by molar-refractivity contribution is -0.173. The number of hydrogen-bond donors (Lipinski definition) is 4. The number of H-pyrrole nitrogens is 1. The van der Waals surface area contributed by atoms with Crippen LogP contribution in [0.1, 0.15) is 60.6 Å². The molecule has 4 N–H and O–H groups in total. The third-order valence-electron chi connectivity index (χ3n) is 9.51. The highest BCUT2D eigenvalue weighted by Crippen LogP contribution is 2.42. The molecular formula is C41H45F3N4O9. The maximum atomic E-state index is 13.0. The number of hydrogen-bond acceptors (Lipinski definition) is 9. The van der Waals surface area contributed by atoms with Crippen molar-refractivity contribution >= 4 is 17.9 Å². The number of benzene rings is 3. The Kier molecular flexibility index (Phi) is 14.5. The smallest absolute Gasteiger partial charge is 0.471 e. The monoisotopic (exact) mass is 794 g/mol. The van der Waals surface area contributed by atoms with E-state index in [-0.39, 0.29) is 31.7 Å². The molecule has 3 atom stereocenters. The van der Waals surface area contributed by atoms with Crippen molar-refractivity contribution in [1.29, 1.82) is 0 Å². The van der Waals surface area contributed by atoms with Crippen molar-refractivity contribution in [3.8, 4) is 11.5 Å². The lowest BCUT2D eigenvalue weighted by Gasteiger charge is -2.37. The Hall–Kier alpha value is -5.71. The Morgan fingerprint density at radius 3 is 1.98 bits per heavy atom. The summed E-state index contributed by atoms with van der Waals surface area (Å²) in [5.41, 5.74) is -0.350. The van der Waals surface area contributed by atoms with Crippen molar-refractivity contribution in [2.24, 2.45) is 0 Å². The van der Waals surface area contributed by atoms with Crippen LogP contribution in [0.25, 0.3) is 6.08 Å². The molecule has 2 amide bonds. The highest BCUT2D eigenvalue weighted by Gasteiger charge is 2.42. The summed E-state index contributed by atoms with van der Waals surface area (Å²) in [5, 5.41) is 15.7. The first-order chi connectivity index (χ1) is 27.3. The number of amides is 2. The summed E-state index contributed by atoms with van der Waals surface area (Å²) in [7, 11) is 3.16. The standard InChI is InChI=1S/C41H45F3N4O9/c1-54-31-17-13-29(14-18-31)40(28-10-6-5-7-11-28,30-15-19-32(55-2)20-16-30)56-26-34-33(49)24-36(57-34)48-25-27(37(51)47-39(48)53)12-21-35(50)45-22-8-3-4-9-23-46-38(52)41(42,43)44/h5-7,10-21,25,33-34,36,49H,3-4,8-9,22-24,26H2,1-2H3,(H,45,50)(H,46,52)(H,47,51,53)/b21-12+/t33-,34+,36+/m0/s1. The van der Waals surface area contributed by atoms with E-state index in [0.717, 1.165) is 27.3 Å². The number of halogens is 3. The average molecular weight is 795 g/mol. The zero-order valence-electron chi connectivity index (χ0n) is 31.4. The van der Waals surface area contributed by atoms with Crippen LogP contribution in [0.15, 0.2) is 101 Å². The van der Waals surface area contributed by atoms with Gasteiger partial charge in [-0.05, 0) is 59.9 Å². The van der Waals surface area contributed by atoms with Gasteiger partial charge in [0, 0.05) is 31.8 Å². The number of aliphatic hydroxyl groups excluding tert-OH is 1. The van der Waals surface area contributed by atoms with Crippen LogP contribution in [0.3, 0.4) is 0 Å². The quantitative estimate of drug-likeness (QED) is 0.0640. The predicted octanol–water partition coefficient (Wildman–Crippen LogP) is 4.58. The van der Waals surface area contributed by atoms with Crippen LogP contribution < -0.4 is 31.4 Å². The summed E-state index contributed by atoms with van der Waals surface area (Å²) in [4.78, 5) is 51.1. The SMILES string of the molecule is COc1ccc(C(OC[C@H]2O[C@@H](n3cc(/C=C/C(=O)NCCCCCCNC(=O)C(F)(F)F)c(=O)[nH]c3=O)C[C@@H]2O)(c2ccccc2)c2ccc(OC)cc2)cc1. The first kappa shape index (κ1) is 42.4. The first-order valence-corrected chi connectivity index (χ1v) is 18.3. The number of aliphatic hydroxyl groups is 1. The molecule has 0 spiro atoms. The molecule has 0 aliphatic carbocycles. The molecule has 0 unspecified atom stereocenters. The normalized spacial score (nSPS) is 17.1. The maximum Gasteiger partial charge on any atom is 0.471 e. The minimum absolute atomic E-state index is 0.00171. The van der Waals surface area contributed by atoms with Crippen LogP contribution in [0.4, 0.5) is 13.2 Å². The van der Waals surface area contributed by atoms with E-state index >= 15 is 0 Å². The van der Waals surface area contributed by atoms with Gasteiger partial charge in [-0.1, -0.05) is 67.4 Å². The number of alkyl halides is 3. The van der Waals surface area contributed by atoms with Crippen LogP contribution in [-0.4, -0.2) is 78.8 Å². The summed E-state index contributed by atoms with van der Waals surface area (Å²) >= 11 is 0. The largest absolute Gasteiger partial charge is 0.497 e. The molecule has 2 heterocycles. The zero-order valence-corrected chi connectivity index (χ0v) is 31.4. The molecule has 0 radical (unpaired) electrons. The molecule has 0 saturated carbocycles. The lowest BCUT2D eigenvalue weighted by Crippen LogP contribution is -2.38. The molecule has 3 aromatic carbocycles. The fourth-order valence-electron chi connectivity index (χ4n) is 6.49. The fraction of sp³-hybridized carbons (Fsp3) is 0.366. The number of nitrogens with zero attached hydrogens (tertiary/aromatic N) is 1. The Morgan fingerprint density at radius 1 is 0.860 bits per heavy atom. The Labute approximate surface area is 326 Å². The molecule has 4 aromatic rings. The van der Waals surface area contributed by atoms with Crippen LogP contribution >= 0.6 is 0 Å². The van der Waals surface area contributed by atoms with Crippen molar-refractivity contribution in [3.05, 3.63) is 134 Å². The van der Waals surface area contributed by atoms with Gasteiger partial charge < -0.3 is 34.7 Å². The Morgan fingerprint density at radius 2 is 1.42 bits per heavy atom. The number of rotatable bonds is 18. The van der Waals surface area contributed by atoms with Gasteiger partial charge in [-0.25, -0.2) is 4.79 Å². The molecule has 13 nitrogen and oxygen atoms in total. The highest BCUT2D eigenvalue weighted by atomic mass is 19.4. The number of carbonyl (C=O) groups excluding carboxylic acids is 2. The minimum atomic E-state index is -4.92. The van der Waals surface area contributed by atoms with Gasteiger partial charge in [-0.15, -0.1) is 0 Å². The predicted molar refractivity (Wildman–Crippen MR) is 204 cm³/mol. The van der Waals surface area contributed by atoms with Gasteiger partial charge in [-0.3, -0.25) is 23.9 Å². The number of aromatic nitrogens is 2. The third-order valence-corrected chi connectivity index (χ3v) is 9.51. The molecule has 304 valence electrons. The van der Waals surface area contributed by atoms with E-state index in [1.165, 1.54) is 12.3 Å². The van der Waals surface area contributed by atoms with E-state index in [4.69, 9.17) is 18.9 Å². The molecule has 16 heteroatoms. The van der Waals surface area contributed by atoms with Crippen molar-refractivity contribution < 1.29 is 46.8 Å². The van der Waals surface area contributed by atoms with Gasteiger partial charge in [0.05, 0.1) is 32.5 Å². The van der Waals surface area contributed by atoms with Crippen LogP contribution in [-0.2, 0) is 24.7 Å². The van der Waals surface area contributed by atoms with E-state index in [0.29, 0.717) is 37.2 Å². The van der Waals surface area contributed by atoms with Crippen molar-refractivity contribution in [3.63, 3.8) is 0 Å². The number of nitrogens with one attached hydrogen (secondary N) is 3. The number of unbranched alkanes of at least 4 members (excludes halogenated alkanes) is 3. The van der Waals surface area contributed by atoms with Crippen molar-refractivity contribution in [2.45, 2.75) is 62.3 Å². The van der Waals surface area contributed by atoms with Gasteiger partial charge >= 0.3 is 17.8 Å². The van der Waals surface area contributed by atoms with Crippen LogP contribution in [0, 0.1) is 0 Å². The Bertz CT molecular complexity index is 2040. The van der Waals surface area contributed by atoms with Crippen molar-refractivity contribution in [2.75, 3.05) is 33.9 Å². The van der Waals surface area contributed by atoms with Gasteiger partial charge in [0.15, 0.2) is 0 Å². The molecule has 5 rings (SSSR count). The van der Waals surface area contributed by atoms with Crippen molar-refractivity contribution in [1.82, 2.24) is 20.2 Å². The number of carbonyl (C=O) groups is 2. The first-order valence-electron chi connectivity index (χ1n) is 18.3. The van der Waals surface area contributed by atoms with Gasteiger partial charge in [0.2, 0.25) is 5.91 Å². The summed E-state index contributed by atoms with van der Waals surface area (Å²) in [6.45, 7) is 0.0610. The summed E-state index contributed by atoms with van der Waals surface area (Å²) in [6, 6.07) is 24.5.